The molecule has 2 atom stereocenters. The molecule has 1 saturated heterocycles. The first-order valence-electron chi connectivity index (χ1n) is 10.1. The van der Waals surface area contributed by atoms with Crippen LogP contribution in [0.2, 0.25) is 0 Å². The zero-order valence-corrected chi connectivity index (χ0v) is 17.5. The van der Waals surface area contributed by atoms with Gasteiger partial charge in [-0.25, -0.2) is 8.42 Å². The molecule has 2 aliphatic rings. The Labute approximate surface area is 171 Å². The number of carbonyl (C=O) groups excluding carboxylic acids is 2. The summed E-state index contributed by atoms with van der Waals surface area (Å²) in [5.74, 6) is -0.554. The second-order valence-electron chi connectivity index (χ2n) is 7.86. The lowest BCUT2D eigenvalue weighted by Crippen LogP contribution is -2.43. The Morgan fingerprint density at radius 1 is 1.17 bits per heavy atom. The van der Waals surface area contributed by atoms with Crippen molar-refractivity contribution in [3.8, 4) is 5.75 Å². The number of nitrogens with one attached hydrogen (secondary N) is 1. The average Bonchev–Trinajstić information content (AvgIpc) is 3.23. The van der Waals surface area contributed by atoms with E-state index < -0.39 is 15.9 Å². The smallest absolute Gasteiger partial charge is 0.258 e. The highest BCUT2D eigenvalue weighted by atomic mass is 32.2. The van der Waals surface area contributed by atoms with Crippen LogP contribution in [0.4, 0.5) is 0 Å². The summed E-state index contributed by atoms with van der Waals surface area (Å²) in [6.45, 7) is 2.79. The lowest BCUT2D eigenvalue weighted by atomic mass is 9.86. The lowest BCUT2D eigenvalue weighted by Gasteiger charge is -2.29. The van der Waals surface area contributed by atoms with Crippen molar-refractivity contribution in [3.05, 3.63) is 23.8 Å². The first kappa shape index (κ1) is 21.6. The van der Waals surface area contributed by atoms with Gasteiger partial charge in [-0.05, 0) is 49.8 Å². The minimum absolute atomic E-state index is 0.000956. The summed E-state index contributed by atoms with van der Waals surface area (Å²) in [5, 5.41) is 2.98. The molecule has 0 radical (unpaired) electrons. The van der Waals surface area contributed by atoms with Crippen LogP contribution in [0.25, 0.3) is 0 Å². The largest absolute Gasteiger partial charge is 0.483 e. The normalized spacial score (nSPS) is 22.9. The number of nitrogens with two attached hydrogens (primary N) is 1. The van der Waals surface area contributed by atoms with Crippen LogP contribution in [0.1, 0.15) is 55.8 Å². The van der Waals surface area contributed by atoms with E-state index in [0.29, 0.717) is 19.0 Å². The number of nitrogens with zero attached hydrogens (tertiary/aromatic N) is 1. The average molecular weight is 424 g/mol. The van der Waals surface area contributed by atoms with Gasteiger partial charge >= 0.3 is 0 Å². The highest BCUT2D eigenvalue weighted by Crippen LogP contribution is 2.27. The molecule has 3 N–H and O–H groups in total. The van der Waals surface area contributed by atoms with Gasteiger partial charge in [-0.15, -0.1) is 0 Å². The van der Waals surface area contributed by atoms with Crippen molar-refractivity contribution in [1.82, 2.24) is 9.62 Å². The molecule has 0 bridgehead atoms. The first-order valence-corrected chi connectivity index (χ1v) is 11.6. The van der Waals surface area contributed by atoms with Crippen molar-refractivity contribution < 1.29 is 22.7 Å². The number of hydrogen-bond acceptors (Lipinski definition) is 5. The van der Waals surface area contributed by atoms with Crippen molar-refractivity contribution in [2.75, 3.05) is 19.7 Å². The van der Waals surface area contributed by atoms with Crippen molar-refractivity contribution in [2.45, 2.75) is 56.4 Å². The Morgan fingerprint density at radius 3 is 2.52 bits per heavy atom. The van der Waals surface area contributed by atoms with Gasteiger partial charge in [-0.3, -0.25) is 9.59 Å². The molecule has 1 saturated carbocycles. The van der Waals surface area contributed by atoms with Gasteiger partial charge in [-0.2, -0.15) is 4.31 Å². The minimum Gasteiger partial charge on any atom is -0.483 e. The molecule has 2 fully saturated rings. The standard InChI is InChI=1S/C20H29N3O5S/c1-14-6-2-3-7-17(14)22-19(24)13-28-18-9-8-15(12-16(18)20(21)25)29(26,27)23-10-4-5-11-23/h8-9,12,14,17H,2-7,10-11,13H2,1H3,(H2,21,25)(H,22,24)/t14-,17-/m1/s1. The van der Waals surface area contributed by atoms with E-state index in [4.69, 9.17) is 10.5 Å². The van der Waals surface area contributed by atoms with E-state index in [9.17, 15) is 18.0 Å². The number of amides is 2. The molecule has 3 rings (SSSR count). The maximum Gasteiger partial charge on any atom is 0.258 e. The number of hydrogen-bond donors (Lipinski definition) is 2. The maximum atomic E-state index is 12.7. The minimum atomic E-state index is -3.68. The van der Waals surface area contributed by atoms with Crippen LogP contribution in [0.15, 0.2) is 23.1 Å². The lowest BCUT2D eigenvalue weighted by molar-refractivity contribution is -0.124. The fourth-order valence-corrected chi connectivity index (χ4v) is 5.53. The molecule has 1 aromatic carbocycles. The fraction of sp³-hybridized carbons (Fsp3) is 0.600. The molecule has 29 heavy (non-hydrogen) atoms. The summed E-state index contributed by atoms with van der Waals surface area (Å²) in [7, 11) is -3.68. The van der Waals surface area contributed by atoms with E-state index in [1.54, 1.807) is 0 Å². The molecular weight excluding hydrogens is 394 g/mol. The van der Waals surface area contributed by atoms with Gasteiger partial charge in [0, 0.05) is 19.1 Å². The van der Waals surface area contributed by atoms with Crippen molar-refractivity contribution >= 4 is 21.8 Å². The number of rotatable bonds is 7. The number of sulfonamides is 1. The van der Waals surface area contributed by atoms with Crippen LogP contribution in [0, 0.1) is 5.92 Å². The highest BCUT2D eigenvalue weighted by Gasteiger charge is 2.29. The third-order valence-electron chi connectivity index (χ3n) is 5.74. The molecule has 0 spiro atoms. The monoisotopic (exact) mass is 423 g/mol. The molecule has 2 amide bonds. The van der Waals surface area contributed by atoms with Crippen molar-refractivity contribution in [1.29, 1.82) is 0 Å². The molecule has 9 heteroatoms. The quantitative estimate of drug-likeness (QED) is 0.691. The molecule has 1 aliphatic carbocycles. The van der Waals surface area contributed by atoms with Crippen molar-refractivity contribution in [2.24, 2.45) is 11.7 Å². The first-order chi connectivity index (χ1) is 13.8. The zero-order chi connectivity index (χ0) is 21.0. The van der Waals surface area contributed by atoms with Crippen LogP contribution in [0.3, 0.4) is 0 Å². The van der Waals surface area contributed by atoms with E-state index in [1.165, 1.54) is 28.9 Å². The Bertz CT molecular complexity index is 865. The zero-order valence-electron chi connectivity index (χ0n) is 16.7. The molecule has 160 valence electrons. The summed E-state index contributed by atoms with van der Waals surface area (Å²) >= 11 is 0. The van der Waals surface area contributed by atoms with Gasteiger partial charge in [-0.1, -0.05) is 19.8 Å². The van der Waals surface area contributed by atoms with Crippen LogP contribution in [-0.4, -0.2) is 50.3 Å². The van der Waals surface area contributed by atoms with Gasteiger partial charge in [0.15, 0.2) is 6.61 Å². The van der Waals surface area contributed by atoms with Crippen LogP contribution >= 0.6 is 0 Å². The third kappa shape index (κ3) is 5.08. The van der Waals surface area contributed by atoms with Crippen LogP contribution < -0.4 is 15.8 Å². The number of ether oxygens (including phenoxy) is 1. The van der Waals surface area contributed by atoms with Gasteiger partial charge in [0.2, 0.25) is 10.0 Å². The van der Waals surface area contributed by atoms with Crippen molar-refractivity contribution in [3.63, 3.8) is 0 Å². The number of primary amides is 1. The third-order valence-corrected chi connectivity index (χ3v) is 7.63. The molecule has 1 heterocycles. The van der Waals surface area contributed by atoms with Gasteiger partial charge in [0.25, 0.3) is 11.8 Å². The summed E-state index contributed by atoms with van der Waals surface area (Å²) in [5.41, 5.74) is 5.37. The molecule has 1 aromatic rings. The van der Waals surface area contributed by atoms with E-state index >= 15 is 0 Å². The van der Waals surface area contributed by atoms with Gasteiger partial charge in [0.05, 0.1) is 10.5 Å². The SMILES string of the molecule is C[C@@H]1CCCC[C@H]1NC(=O)COc1ccc(S(=O)(=O)N2CCCC2)cc1C(N)=O. The summed E-state index contributed by atoms with van der Waals surface area (Å²) in [6.07, 6.45) is 5.94. The fourth-order valence-electron chi connectivity index (χ4n) is 3.99. The summed E-state index contributed by atoms with van der Waals surface area (Å²) < 4.78 is 32.3. The van der Waals surface area contributed by atoms with E-state index in [2.05, 4.69) is 12.2 Å². The van der Waals surface area contributed by atoms with E-state index in [-0.39, 0.29) is 34.8 Å². The predicted molar refractivity (Wildman–Crippen MR) is 108 cm³/mol. The van der Waals surface area contributed by atoms with Gasteiger partial charge in [0.1, 0.15) is 5.75 Å². The molecule has 1 aliphatic heterocycles. The Hall–Kier alpha value is -2.13. The Morgan fingerprint density at radius 2 is 1.86 bits per heavy atom. The molecule has 0 unspecified atom stereocenters. The predicted octanol–water partition coefficient (Wildman–Crippen LogP) is 1.64. The van der Waals surface area contributed by atoms with E-state index in [1.807, 2.05) is 0 Å². The van der Waals surface area contributed by atoms with Crippen LogP contribution in [0.5, 0.6) is 5.75 Å². The van der Waals surface area contributed by atoms with Gasteiger partial charge < -0.3 is 15.8 Å². The molecule has 0 aromatic heterocycles. The Balaban J connectivity index is 1.69. The van der Waals surface area contributed by atoms with Crippen LogP contribution in [-0.2, 0) is 14.8 Å². The topological polar surface area (TPSA) is 119 Å². The maximum absolute atomic E-state index is 12.7. The highest BCUT2D eigenvalue weighted by molar-refractivity contribution is 7.89. The number of carbonyl (C=O) groups is 2. The van der Waals surface area contributed by atoms with E-state index in [0.717, 1.165) is 32.1 Å². The molecular formula is C20H29N3O5S. The number of benzene rings is 1. The second-order valence-corrected chi connectivity index (χ2v) is 9.80. The summed E-state index contributed by atoms with van der Waals surface area (Å²) in [4.78, 5) is 24.1. The summed E-state index contributed by atoms with van der Waals surface area (Å²) in [6, 6.07) is 4.13. The second kappa shape index (κ2) is 9.13. The Kier molecular flexibility index (Phi) is 6.79. The molecule has 8 nitrogen and oxygen atoms in total.